The normalized spacial score (nSPS) is 29.3. The summed E-state index contributed by atoms with van der Waals surface area (Å²) in [5.41, 5.74) is 0. The molecule has 1 aliphatic carbocycles. The molecule has 76 valence electrons. The fourth-order valence-corrected chi connectivity index (χ4v) is 2.43. The van der Waals surface area contributed by atoms with Crippen molar-refractivity contribution in [1.29, 1.82) is 0 Å². The SMILES string of the molecule is CCC1CCC2(CC1)OCCCO2. The molecule has 0 N–H and O–H groups in total. The predicted octanol–water partition coefficient (Wildman–Crippen LogP) is 2.72. The second-order valence-electron chi connectivity index (χ2n) is 4.31. The van der Waals surface area contributed by atoms with Crippen LogP contribution in [0.25, 0.3) is 0 Å². The van der Waals surface area contributed by atoms with Crippen LogP contribution in [0.4, 0.5) is 0 Å². The second kappa shape index (κ2) is 3.97. The second-order valence-corrected chi connectivity index (χ2v) is 4.31. The van der Waals surface area contributed by atoms with Crippen LogP contribution in [0, 0.1) is 5.92 Å². The minimum absolute atomic E-state index is 0.163. The molecule has 0 atom stereocenters. The molecule has 2 heteroatoms. The molecule has 1 saturated carbocycles. The van der Waals surface area contributed by atoms with Crippen molar-refractivity contribution in [3.8, 4) is 0 Å². The molecule has 2 rings (SSSR count). The van der Waals surface area contributed by atoms with E-state index in [0.29, 0.717) is 0 Å². The molecule has 1 aliphatic heterocycles. The van der Waals surface area contributed by atoms with E-state index in [1.165, 1.54) is 19.3 Å². The Hall–Kier alpha value is -0.0800. The van der Waals surface area contributed by atoms with Crippen LogP contribution in [-0.4, -0.2) is 19.0 Å². The van der Waals surface area contributed by atoms with Crippen molar-refractivity contribution in [2.75, 3.05) is 13.2 Å². The molecule has 0 unspecified atom stereocenters. The first-order valence-corrected chi connectivity index (χ1v) is 5.62. The lowest BCUT2D eigenvalue weighted by Crippen LogP contribution is -2.43. The van der Waals surface area contributed by atoms with Gasteiger partial charge in [0, 0.05) is 12.8 Å². The number of hydrogen-bond donors (Lipinski definition) is 0. The summed E-state index contributed by atoms with van der Waals surface area (Å²) in [5, 5.41) is 0. The zero-order valence-electron chi connectivity index (χ0n) is 8.55. The van der Waals surface area contributed by atoms with Gasteiger partial charge in [-0.15, -0.1) is 0 Å². The summed E-state index contributed by atoms with van der Waals surface area (Å²) in [6.45, 7) is 4.08. The van der Waals surface area contributed by atoms with Crippen LogP contribution in [-0.2, 0) is 9.47 Å². The molecule has 1 saturated heterocycles. The maximum absolute atomic E-state index is 5.78. The van der Waals surface area contributed by atoms with Crippen LogP contribution < -0.4 is 0 Å². The molecular weight excluding hydrogens is 164 g/mol. The zero-order valence-corrected chi connectivity index (χ0v) is 8.55. The number of rotatable bonds is 1. The molecular formula is C11H20O2. The van der Waals surface area contributed by atoms with Crippen molar-refractivity contribution in [2.45, 2.75) is 51.2 Å². The lowest BCUT2D eigenvalue weighted by Gasteiger charge is -2.42. The zero-order chi connectivity index (χ0) is 9.15. The first-order valence-electron chi connectivity index (χ1n) is 5.62. The average molecular weight is 184 g/mol. The van der Waals surface area contributed by atoms with Gasteiger partial charge in [0.2, 0.25) is 0 Å². The maximum Gasteiger partial charge on any atom is 0.168 e. The fourth-order valence-electron chi connectivity index (χ4n) is 2.43. The Morgan fingerprint density at radius 3 is 2.31 bits per heavy atom. The highest BCUT2D eigenvalue weighted by Gasteiger charge is 2.38. The lowest BCUT2D eigenvalue weighted by atomic mass is 9.83. The smallest absolute Gasteiger partial charge is 0.168 e. The molecule has 2 nitrogen and oxygen atoms in total. The van der Waals surface area contributed by atoms with Gasteiger partial charge >= 0.3 is 0 Å². The average Bonchev–Trinajstić information content (AvgIpc) is 2.20. The summed E-state index contributed by atoms with van der Waals surface area (Å²) in [5.74, 6) is 0.754. The highest BCUT2D eigenvalue weighted by molar-refractivity contribution is 4.81. The van der Waals surface area contributed by atoms with E-state index in [0.717, 1.165) is 38.4 Å². The van der Waals surface area contributed by atoms with Gasteiger partial charge in [0.15, 0.2) is 5.79 Å². The predicted molar refractivity (Wildman–Crippen MR) is 51.5 cm³/mol. The summed E-state index contributed by atoms with van der Waals surface area (Å²) >= 11 is 0. The standard InChI is InChI=1S/C11H20O2/c1-2-10-4-6-11(7-5-10)12-8-3-9-13-11/h10H,2-9H2,1H3. The van der Waals surface area contributed by atoms with E-state index in [1.54, 1.807) is 0 Å². The van der Waals surface area contributed by atoms with Gasteiger partial charge in [-0.1, -0.05) is 13.3 Å². The Bertz CT molecular complexity index is 151. The van der Waals surface area contributed by atoms with E-state index >= 15 is 0 Å². The highest BCUT2D eigenvalue weighted by atomic mass is 16.7. The van der Waals surface area contributed by atoms with Crippen LogP contribution in [0.1, 0.15) is 45.4 Å². The van der Waals surface area contributed by atoms with Gasteiger partial charge in [0.05, 0.1) is 13.2 Å². The van der Waals surface area contributed by atoms with Gasteiger partial charge in [-0.25, -0.2) is 0 Å². The summed E-state index contributed by atoms with van der Waals surface area (Å²) in [4.78, 5) is 0. The van der Waals surface area contributed by atoms with Crippen LogP contribution in [0.3, 0.4) is 0 Å². The Labute approximate surface area is 80.6 Å². The third-order valence-corrected chi connectivity index (χ3v) is 3.46. The van der Waals surface area contributed by atoms with E-state index in [1.807, 2.05) is 0 Å². The molecule has 0 aromatic carbocycles. The van der Waals surface area contributed by atoms with E-state index in [9.17, 15) is 0 Å². The molecule has 0 bridgehead atoms. The monoisotopic (exact) mass is 184 g/mol. The van der Waals surface area contributed by atoms with Crippen molar-refractivity contribution in [3.63, 3.8) is 0 Å². The van der Waals surface area contributed by atoms with Gasteiger partial charge in [-0.3, -0.25) is 0 Å². The third-order valence-electron chi connectivity index (χ3n) is 3.46. The Balaban J connectivity index is 1.87. The molecule has 0 amide bonds. The van der Waals surface area contributed by atoms with Crippen molar-refractivity contribution >= 4 is 0 Å². The molecule has 0 aromatic rings. The Morgan fingerprint density at radius 2 is 1.77 bits per heavy atom. The van der Waals surface area contributed by atoms with E-state index in [-0.39, 0.29) is 5.79 Å². The molecule has 2 aliphatic rings. The van der Waals surface area contributed by atoms with Crippen molar-refractivity contribution in [2.24, 2.45) is 5.92 Å². The largest absolute Gasteiger partial charge is 0.350 e. The maximum atomic E-state index is 5.78. The Morgan fingerprint density at radius 1 is 1.15 bits per heavy atom. The van der Waals surface area contributed by atoms with Crippen LogP contribution >= 0.6 is 0 Å². The minimum atomic E-state index is -0.163. The first kappa shape index (κ1) is 9.47. The van der Waals surface area contributed by atoms with Gasteiger partial charge < -0.3 is 9.47 Å². The highest BCUT2D eigenvalue weighted by Crippen LogP contribution is 2.38. The van der Waals surface area contributed by atoms with Gasteiger partial charge in [-0.2, -0.15) is 0 Å². The van der Waals surface area contributed by atoms with Gasteiger partial charge in [-0.05, 0) is 25.2 Å². The molecule has 1 spiro atoms. The minimum Gasteiger partial charge on any atom is -0.350 e. The van der Waals surface area contributed by atoms with Gasteiger partial charge in [0.25, 0.3) is 0 Å². The van der Waals surface area contributed by atoms with E-state index in [2.05, 4.69) is 6.92 Å². The molecule has 13 heavy (non-hydrogen) atoms. The topological polar surface area (TPSA) is 18.5 Å². The lowest BCUT2D eigenvalue weighted by molar-refractivity contribution is -0.283. The summed E-state index contributed by atoms with van der Waals surface area (Å²) < 4.78 is 11.6. The van der Waals surface area contributed by atoms with Crippen molar-refractivity contribution < 1.29 is 9.47 Å². The van der Waals surface area contributed by atoms with Crippen LogP contribution in [0.5, 0.6) is 0 Å². The molecule has 0 aromatic heterocycles. The quantitative estimate of drug-likeness (QED) is 0.624. The number of hydrogen-bond acceptors (Lipinski definition) is 2. The molecule has 1 heterocycles. The third kappa shape index (κ3) is 2.05. The van der Waals surface area contributed by atoms with Crippen LogP contribution in [0.15, 0.2) is 0 Å². The first-order chi connectivity index (χ1) is 6.35. The summed E-state index contributed by atoms with van der Waals surface area (Å²) in [6, 6.07) is 0. The van der Waals surface area contributed by atoms with E-state index < -0.39 is 0 Å². The Kier molecular flexibility index (Phi) is 2.89. The molecule has 2 fully saturated rings. The summed E-state index contributed by atoms with van der Waals surface area (Å²) in [6.07, 6.45) is 7.19. The van der Waals surface area contributed by atoms with E-state index in [4.69, 9.17) is 9.47 Å². The molecule has 0 radical (unpaired) electrons. The number of ether oxygens (including phenoxy) is 2. The fraction of sp³-hybridized carbons (Fsp3) is 1.00. The van der Waals surface area contributed by atoms with Gasteiger partial charge in [0.1, 0.15) is 0 Å². The van der Waals surface area contributed by atoms with Crippen molar-refractivity contribution in [1.82, 2.24) is 0 Å². The van der Waals surface area contributed by atoms with Crippen molar-refractivity contribution in [3.05, 3.63) is 0 Å². The summed E-state index contributed by atoms with van der Waals surface area (Å²) in [7, 11) is 0. The van der Waals surface area contributed by atoms with Crippen LogP contribution in [0.2, 0.25) is 0 Å².